The van der Waals surface area contributed by atoms with Crippen LogP contribution in [0.25, 0.3) is 6.08 Å². The first-order valence-electron chi connectivity index (χ1n) is 13.6. The summed E-state index contributed by atoms with van der Waals surface area (Å²) in [4.78, 5) is 39.1. The Labute approximate surface area is 225 Å². The van der Waals surface area contributed by atoms with Crippen LogP contribution in [0.5, 0.6) is 5.75 Å². The molecule has 8 nitrogen and oxygen atoms in total. The van der Waals surface area contributed by atoms with Gasteiger partial charge < -0.3 is 20.3 Å². The maximum Gasteiger partial charge on any atom is 0.335 e. The molecule has 0 spiro atoms. The summed E-state index contributed by atoms with van der Waals surface area (Å²) >= 11 is 0. The Kier molecular flexibility index (Phi) is 14.2. The van der Waals surface area contributed by atoms with E-state index in [1.54, 1.807) is 12.1 Å². The first kappa shape index (κ1) is 30.5. The summed E-state index contributed by atoms with van der Waals surface area (Å²) in [6.07, 6.45) is 17.2. The number of ether oxygens (including phenoxy) is 1. The third-order valence-electron chi connectivity index (χ3n) is 6.13. The zero-order valence-electron chi connectivity index (χ0n) is 22.3. The molecule has 0 aliphatic heterocycles. The Bertz CT molecular complexity index is 1070. The van der Waals surface area contributed by atoms with Crippen molar-refractivity contribution in [1.82, 2.24) is 4.98 Å². The number of carbonyl (C=O) groups excluding carboxylic acids is 1. The number of anilines is 1. The molecule has 0 aliphatic rings. The van der Waals surface area contributed by atoms with E-state index in [4.69, 9.17) is 14.9 Å². The van der Waals surface area contributed by atoms with Crippen LogP contribution in [-0.4, -0.2) is 39.6 Å². The third-order valence-corrected chi connectivity index (χ3v) is 6.13. The molecule has 2 aromatic rings. The monoisotopic (exact) mass is 524 g/mol. The minimum atomic E-state index is -1.14. The first-order valence-corrected chi connectivity index (χ1v) is 13.6. The lowest BCUT2D eigenvalue weighted by molar-refractivity contribution is -0.131. The lowest BCUT2D eigenvalue weighted by Crippen LogP contribution is -2.15. The van der Waals surface area contributed by atoms with E-state index >= 15 is 0 Å². The Morgan fingerprint density at radius 3 is 2.11 bits per heavy atom. The topological polar surface area (TPSA) is 126 Å². The third kappa shape index (κ3) is 12.0. The molecule has 0 radical (unpaired) electrons. The van der Waals surface area contributed by atoms with Gasteiger partial charge in [0.15, 0.2) is 0 Å². The van der Waals surface area contributed by atoms with Crippen LogP contribution in [0.1, 0.15) is 111 Å². The zero-order valence-corrected chi connectivity index (χ0v) is 22.3. The molecule has 0 atom stereocenters. The molecule has 0 saturated carbocycles. The van der Waals surface area contributed by atoms with Gasteiger partial charge in [0.1, 0.15) is 17.1 Å². The number of amides is 1. The number of aliphatic carboxylic acids is 1. The maximum atomic E-state index is 12.7. The van der Waals surface area contributed by atoms with Crippen molar-refractivity contribution in [2.24, 2.45) is 0 Å². The second kappa shape index (κ2) is 17.7. The highest BCUT2D eigenvalue weighted by Crippen LogP contribution is 2.21. The number of aromatic nitrogens is 1. The molecule has 0 aliphatic carbocycles. The van der Waals surface area contributed by atoms with E-state index in [0.717, 1.165) is 25.3 Å². The molecule has 0 saturated heterocycles. The number of benzene rings is 1. The summed E-state index contributed by atoms with van der Waals surface area (Å²) in [5.74, 6) is -2.39. The number of unbranched alkanes of at least 4 members (excludes halogenated alkanes) is 11. The van der Waals surface area contributed by atoms with Gasteiger partial charge in [-0.3, -0.25) is 4.79 Å². The quantitative estimate of drug-likeness (QED) is 0.131. The van der Waals surface area contributed by atoms with Gasteiger partial charge in [0.05, 0.1) is 12.2 Å². The summed E-state index contributed by atoms with van der Waals surface area (Å²) in [5, 5.41) is 20.8. The smallest absolute Gasteiger partial charge is 0.335 e. The molecule has 0 unspecified atom stereocenters. The van der Waals surface area contributed by atoms with Gasteiger partial charge in [0.25, 0.3) is 5.91 Å². The van der Waals surface area contributed by atoms with Crippen LogP contribution in [0.15, 0.2) is 42.5 Å². The normalized spacial score (nSPS) is 11.0. The number of carbonyl (C=O) groups is 3. The zero-order chi connectivity index (χ0) is 27.6. The summed E-state index contributed by atoms with van der Waals surface area (Å²) in [6, 6.07) is 8.96. The molecule has 1 heterocycles. The minimum Gasteiger partial charge on any atom is -0.491 e. The Hall–Kier alpha value is -3.68. The Balaban J connectivity index is 1.82. The summed E-state index contributed by atoms with van der Waals surface area (Å²) in [5.41, 5.74) is 0.640. The average Bonchev–Trinajstić information content (AvgIpc) is 2.90. The van der Waals surface area contributed by atoms with Crippen molar-refractivity contribution in [3.8, 4) is 5.75 Å². The highest BCUT2D eigenvalue weighted by Gasteiger charge is 2.13. The van der Waals surface area contributed by atoms with E-state index in [0.29, 0.717) is 18.0 Å². The summed E-state index contributed by atoms with van der Waals surface area (Å²) in [7, 11) is 0. The van der Waals surface area contributed by atoms with E-state index < -0.39 is 17.8 Å². The van der Waals surface area contributed by atoms with Crippen molar-refractivity contribution in [2.75, 3.05) is 11.9 Å². The molecule has 38 heavy (non-hydrogen) atoms. The minimum absolute atomic E-state index is 0.0439. The van der Waals surface area contributed by atoms with E-state index in [1.807, 2.05) is 0 Å². The van der Waals surface area contributed by atoms with Crippen molar-refractivity contribution in [3.05, 3.63) is 59.4 Å². The fourth-order valence-corrected chi connectivity index (χ4v) is 4.03. The van der Waals surface area contributed by atoms with Crippen molar-refractivity contribution in [1.29, 1.82) is 0 Å². The van der Waals surface area contributed by atoms with E-state index in [9.17, 15) is 14.4 Å². The van der Waals surface area contributed by atoms with Gasteiger partial charge in [-0.05, 0) is 42.8 Å². The van der Waals surface area contributed by atoms with Gasteiger partial charge in [0.2, 0.25) is 0 Å². The van der Waals surface area contributed by atoms with Gasteiger partial charge >= 0.3 is 11.9 Å². The van der Waals surface area contributed by atoms with Crippen LogP contribution in [0.4, 0.5) is 5.69 Å². The Morgan fingerprint density at radius 2 is 1.50 bits per heavy atom. The van der Waals surface area contributed by atoms with Gasteiger partial charge in [-0.1, -0.05) is 83.6 Å². The summed E-state index contributed by atoms with van der Waals surface area (Å²) < 4.78 is 5.85. The average molecular weight is 525 g/mol. The van der Waals surface area contributed by atoms with Crippen LogP contribution in [-0.2, 0) is 4.79 Å². The lowest BCUT2D eigenvalue weighted by atomic mass is 10.1. The second-order valence-electron chi connectivity index (χ2n) is 9.33. The van der Waals surface area contributed by atoms with Gasteiger partial charge in [-0.15, -0.1) is 0 Å². The van der Waals surface area contributed by atoms with Crippen molar-refractivity contribution in [3.63, 3.8) is 0 Å². The number of carboxylic acids is 2. The van der Waals surface area contributed by atoms with Gasteiger partial charge in [-0.2, -0.15) is 0 Å². The maximum absolute atomic E-state index is 12.7. The number of rotatable bonds is 19. The number of nitrogens with zero attached hydrogens (tertiary/aromatic N) is 1. The van der Waals surface area contributed by atoms with E-state index in [1.165, 1.54) is 88.1 Å². The number of hydrogen-bond acceptors (Lipinski definition) is 5. The molecule has 206 valence electrons. The molecule has 1 aromatic carbocycles. The Morgan fingerprint density at radius 1 is 0.868 bits per heavy atom. The highest BCUT2D eigenvalue weighted by molar-refractivity contribution is 6.03. The van der Waals surface area contributed by atoms with E-state index in [-0.39, 0.29) is 17.0 Å². The van der Waals surface area contributed by atoms with Crippen LogP contribution < -0.4 is 10.1 Å². The second-order valence-corrected chi connectivity index (χ2v) is 9.33. The molecular formula is C30H40N2O6. The van der Waals surface area contributed by atoms with Crippen LogP contribution in [0, 0.1) is 0 Å². The van der Waals surface area contributed by atoms with Gasteiger partial charge in [0, 0.05) is 11.8 Å². The highest BCUT2D eigenvalue weighted by atomic mass is 16.5. The molecule has 1 aromatic heterocycles. The number of hydrogen-bond donors (Lipinski definition) is 3. The predicted molar refractivity (Wildman–Crippen MR) is 149 cm³/mol. The fourth-order valence-electron chi connectivity index (χ4n) is 4.03. The number of nitrogens with one attached hydrogen (secondary N) is 1. The van der Waals surface area contributed by atoms with Crippen molar-refractivity contribution < 1.29 is 29.3 Å². The standard InChI is InChI=1S/C30H40N2O6/c1-2-3-4-5-6-7-8-9-10-11-12-13-21-38-27-19-17-26(32-25(27)18-20-28(33)34)29(35)31-24-16-14-15-23(22-24)30(36)37/h14-20,22H,2-13,21H2,1H3,(H,31,35)(H,33,34)(H,36,37). The lowest BCUT2D eigenvalue weighted by Gasteiger charge is -2.11. The molecule has 0 bridgehead atoms. The SMILES string of the molecule is CCCCCCCCCCCCCCOc1ccc(C(=O)Nc2cccc(C(=O)O)c2)nc1C=CC(=O)O. The largest absolute Gasteiger partial charge is 0.491 e. The number of pyridine rings is 1. The van der Waals surface area contributed by atoms with Crippen LogP contribution in [0.2, 0.25) is 0 Å². The number of aromatic carboxylic acids is 1. The fraction of sp³-hybridized carbons (Fsp3) is 0.467. The predicted octanol–water partition coefficient (Wildman–Crippen LogP) is 7.21. The molecular weight excluding hydrogens is 484 g/mol. The van der Waals surface area contributed by atoms with E-state index in [2.05, 4.69) is 17.2 Å². The van der Waals surface area contributed by atoms with Crippen molar-refractivity contribution >= 4 is 29.6 Å². The molecule has 2 rings (SSSR count). The van der Waals surface area contributed by atoms with Crippen LogP contribution >= 0.6 is 0 Å². The first-order chi connectivity index (χ1) is 18.4. The van der Waals surface area contributed by atoms with Gasteiger partial charge in [-0.25, -0.2) is 14.6 Å². The van der Waals surface area contributed by atoms with Crippen molar-refractivity contribution in [2.45, 2.75) is 84.0 Å². The molecule has 3 N–H and O–H groups in total. The molecule has 8 heteroatoms. The molecule has 0 fully saturated rings. The number of carboxylic acid groups (broad SMARTS) is 2. The van der Waals surface area contributed by atoms with Crippen LogP contribution in [0.3, 0.4) is 0 Å². The molecule has 1 amide bonds. The summed E-state index contributed by atoms with van der Waals surface area (Å²) in [6.45, 7) is 2.71.